The Labute approximate surface area is 270 Å². The van der Waals surface area contributed by atoms with Crippen LogP contribution in [0.1, 0.15) is 34.3 Å². The van der Waals surface area contributed by atoms with Crippen molar-refractivity contribution in [3.63, 3.8) is 0 Å². The molecule has 2 aliphatic rings. The van der Waals surface area contributed by atoms with Gasteiger partial charge in [0.15, 0.2) is 34.7 Å². The predicted molar refractivity (Wildman–Crippen MR) is 173 cm³/mol. The number of amidine groups is 1. The van der Waals surface area contributed by atoms with Crippen LogP contribution in [0.15, 0.2) is 83.1 Å². The lowest BCUT2D eigenvalue weighted by molar-refractivity contribution is -0.0520. The monoisotopic (exact) mass is 693 g/mol. The van der Waals surface area contributed by atoms with Crippen LogP contribution in [0.25, 0.3) is 11.2 Å². The number of alkyl halides is 1. The van der Waals surface area contributed by atoms with Crippen LogP contribution >= 0.6 is 15.9 Å². The number of ether oxygens (including phenoxy) is 1. The zero-order valence-corrected chi connectivity index (χ0v) is 25.9. The molecule has 4 atom stereocenters. The van der Waals surface area contributed by atoms with Gasteiger partial charge >= 0.3 is 0 Å². The van der Waals surface area contributed by atoms with Crippen LogP contribution < -0.4 is 17.0 Å². The zero-order valence-electron chi connectivity index (χ0n) is 24.3. The first-order valence-electron chi connectivity index (χ1n) is 14.1. The number of aliphatic imine (C=N–C) groups is 1. The van der Waals surface area contributed by atoms with Crippen molar-refractivity contribution in [3.05, 3.63) is 100 Å². The highest BCUT2D eigenvalue weighted by Crippen LogP contribution is 2.35. The molecule has 0 radical (unpaired) electrons. The molecule has 0 spiro atoms. The molecule has 0 amide bonds. The maximum atomic E-state index is 11.8. The number of anilines is 1. The van der Waals surface area contributed by atoms with Crippen molar-refractivity contribution in [2.24, 2.45) is 10.7 Å². The van der Waals surface area contributed by atoms with E-state index >= 15 is 0 Å². The van der Waals surface area contributed by atoms with Crippen molar-refractivity contribution >= 4 is 50.5 Å². The van der Waals surface area contributed by atoms with Crippen molar-refractivity contribution in [2.45, 2.75) is 42.8 Å². The van der Waals surface area contributed by atoms with Crippen molar-refractivity contribution in [3.8, 4) is 0 Å². The van der Waals surface area contributed by atoms with Gasteiger partial charge in [-0.25, -0.2) is 15.0 Å². The summed E-state index contributed by atoms with van der Waals surface area (Å²) in [5.41, 5.74) is 14.1. The van der Waals surface area contributed by atoms with Crippen molar-refractivity contribution < 1.29 is 24.9 Å². The molecule has 7 rings (SSSR count). The number of aliphatic hydroxyl groups excluding tert-OH is 3. The second-order valence-corrected chi connectivity index (χ2v) is 10.9. The largest absolute Gasteiger partial charge is 0.394 e. The van der Waals surface area contributed by atoms with E-state index in [1.54, 1.807) is 10.9 Å². The molecule has 0 unspecified atom stereocenters. The van der Waals surface area contributed by atoms with Crippen LogP contribution in [0.5, 0.6) is 0 Å². The summed E-state index contributed by atoms with van der Waals surface area (Å²) >= 11 is 3.36. The van der Waals surface area contributed by atoms with Gasteiger partial charge in [-0.1, -0.05) is 76.6 Å². The van der Waals surface area contributed by atoms with Crippen LogP contribution in [0, 0.1) is 0 Å². The number of imidazole rings is 2. The second kappa shape index (κ2) is 14.6. The lowest BCUT2D eigenvalue weighted by Crippen LogP contribution is -2.33. The molecule has 3 aromatic heterocycles. The molecule has 2 aromatic carbocycles. The number of hydrogen-bond donors (Lipinski definition) is 6. The number of carbonyl (C=O) groups excluding carboxylic acids is 1. The van der Waals surface area contributed by atoms with E-state index in [1.807, 2.05) is 48.5 Å². The Kier molecular flexibility index (Phi) is 10.3. The third kappa shape index (κ3) is 7.21. The number of ketones is 1. The topological polar surface area (TPSA) is 233 Å². The Bertz CT molecular complexity index is 1880. The maximum absolute atomic E-state index is 11.8. The highest BCUT2D eigenvalue weighted by molar-refractivity contribution is 9.08. The van der Waals surface area contributed by atoms with E-state index in [0.717, 1.165) is 10.9 Å². The Morgan fingerprint density at radius 1 is 0.957 bits per heavy atom. The van der Waals surface area contributed by atoms with Gasteiger partial charge in [0, 0.05) is 11.9 Å². The van der Waals surface area contributed by atoms with Crippen molar-refractivity contribution in [1.82, 2.24) is 29.1 Å². The summed E-state index contributed by atoms with van der Waals surface area (Å²) in [5.74, 6) is 0.153. The molecule has 0 saturated carbocycles. The Hall–Kier alpha value is -4.74. The highest BCUT2D eigenvalue weighted by atomic mass is 79.9. The van der Waals surface area contributed by atoms with Crippen LogP contribution in [0.2, 0.25) is 0 Å². The van der Waals surface area contributed by atoms with Gasteiger partial charge in [-0.05, 0) is 11.1 Å². The minimum Gasteiger partial charge on any atom is -0.394 e. The maximum Gasteiger partial charge on any atom is 0.278 e. The van der Waals surface area contributed by atoms with Gasteiger partial charge in [-0.15, -0.1) is 0 Å². The number of aromatic amines is 1. The van der Waals surface area contributed by atoms with Crippen molar-refractivity contribution in [2.75, 3.05) is 12.3 Å². The number of nitrogen functional groups attached to an aromatic ring is 1. The van der Waals surface area contributed by atoms with E-state index in [4.69, 9.17) is 21.3 Å². The standard InChI is InChI=1S/C12H11N5O.C11H14N4O5.C7H7Br/c13-12-15-10-9(11(18)16-12)17(7-14-10)6-8-4-2-1-3-5-8;12-6-1-4(17)7-10(14-6)15(3-13-7)11-9(19)8(18)5(2-16)20-11;8-6-7-4-2-1-3-5-7/h1-5,7H,6H2,(H3,13,15,16,18);3,5,8-9,11,16,18-19H,1-2H2,(H2,12,14);1-5H,6H2/t;5-,8-,9-,11-;/m.1./s1. The molecule has 5 heterocycles. The predicted octanol–water partition coefficient (Wildman–Crippen LogP) is 1.40. The number of benzene rings is 2. The number of carbonyl (C=O) groups is 1. The summed E-state index contributed by atoms with van der Waals surface area (Å²) in [5, 5.41) is 29.7. The van der Waals surface area contributed by atoms with Gasteiger partial charge in [-0.2, -0.15) is 4.98 Å². The van der Waals surface area contributed by atoms with Gasteiger partial charge in [0.2, 0.25) is 5.95 Å². The summed E-state index contributed by atoms with van der Waals surface area (Å²) < 4.78 is 8.46. The van der Waals surface area contributed by atoms with E-state index in [9.17, 15) is 19.8 Å². The van der Waals surface area contributed by atoms with Crippen LogP contribution in [-0.4, -0.2) is 80.9 Å². The molecule has 15 nitrogen and oxygen atoms in total. The third-order valence-corrected chi connectivity index (χ3v) is 7.76. The molecular weight excluding hydrogens is 662 g/mol. The average Bonchev–Trinajstić information content (AvgIpc) is 3.74. The van der Waals surface area contributed by atoms with E-state index in [-0.39, 0.29) is 41.1 Å². The van der Waals surface area contributed by atoms with Gasteiger partial charge in [-0.3, -0.25) is 19.1 Å². The lowest BCUT2D eigenvalue weighted by atomic mass is 10.1. The van der Waals surface area contributed by atoms with E-state index in [0.29, 0.717) is 17.7 Å². The zero-order chi connectivity index (χ0) is 32.8. The van der Waals surface area contributed by atoms with Gasteiger partial charge in [0.05, 0.1) is 25.7 Å². The number of H-pyrrole nitrogens is 1. The molecule has 1 fully saturated rings. The molecule has 46 heavy (non-hydrogen) atoms. The number of aliphatic hydroxyl groups is 3. The summed E-state index contributed by atoms with van der Waals surface area (Å²) in [6.45, 7) is 0.141. The van der Waals surface area contributed by atoms with E-state index < -0.39 is 31.1 Å². The molecule has 5 aromatic rings. The smallest absolute Gasteiger partial charge is 0.278 e. The Morgan fingerprint density at radius 3 is 2.24 bits per heavy atom. The minimum absolute atomic E-state index is 0.0000191. The summed E-state index contributed by atoms with van der Waals surface area (Å²) in [7, 11) is 0. The SMILES string of the molecule is BrCc1ccccc1.NC1=Nc2c(ncn2[C@@H]2O[C@H](CO)[C@@H](O)[C@H]2O)C(=O)C1.Nc1nc2ncn(Cc3ccccc3)c2c(=O)[nH]1. The Morgan fingerprint density at radius 2 is 1.63 bits per heavy atom. The lowest BCUT2D eigenvalue weighted by Gasteiger charge is -2.18. The number of rotatable bonds is 5. The first kappa shape index (κ1) is 32.6. The molecule has 0 aliphatic carbocycles. The summed E-state index contributed by atoms with van der Waals surface area (Å²) in [6, 6.07) is 20.1. The fourth-order valence-corrected chi connectivity index (χ4v) is 5.23. The van der Waals surface area contributed by atoms with Crippen LogP contribution in [0.3, 0.4) is 0 Å². The van der Waals surface area contributed by atoms with E-state index in [1.165, 1.54) is 16.5 Å². The number of fused-ring (bicyclic) bond motifs is 2. The quantitative estimate of drug-likeness (QED) is 0.144. The highest BCUT2D eigenvalue weighted by Gasteiger charge is 2.44. The van der Waals surface area contributed by atoms with Crippen LogP contribution in [0.4, 0.5) is 11.8 Å². The van der Waals surface area contributed by atoms with Crippen LogP contribution in [-0.2, 0) is 16.6 Å². The number of halogens is 1. The third-order valence-electron chi connectivity index (χ3n) is 7.11. The molecule has 16 heteroatoms. The van der Waals surface area contributed by atoms with Gasteiger partial charge in [0.1, 0.15) is 24.1 Å². The number of hydrogen-bond acceptors (Lipinski definition) is 12. The first-order valence-corrected chi connectivity index (χ1v) is 15.2. The number of Topliss-reactive ketones (excluding diaryl/α,β-unsaturated/α-hetero) is 1. The fraction of sp³-hybridized carbons (Fsp3) is 0.267. The average molecular weight is 695 g/mol. The molecule has 1 saturated heterocycles. The molecule has 8 N–H and O–H groups in total. The molecular formula is C30H32BrN9O6. The molecule has 0 bridgehead atoms. The number of nitrogens with zero attached hydrogens (tertiary/aromatic N) is 6. The van der Waals surface area contributed by atoms with E-state index in [2.05, 4.69) is 53.0 Å². The number of nitrogens with two attached hydrogens (primary N) is 2. The number of aromatic nitrogens is 6. The summed E-state index contributed by atoms with van der Waals surface area (Å²) in [6.07, 6.45) is -1.50. The fourth-order valence-electron chi connectivity index (χ4n) is 4.85. The molecule has 240 valence electrons. The first-order chi connectivity index (χ1) is 22.2. The summed E-state index contributed by atoms with van der Waals surface area (Å²) in [4.78, 5) is 42.1. The molecule has 2 aliphatic heterocycles. The minimum atomic E-state index is -1.26. The van der Waals surface area contributed by atoms with Gasteiger partial charge < -0.3 is 36.1 Å². The van der Waals surface area contributed by atoms with Gasteiger partial charge in [0.25, 0.3) is 5.56 Å². The number of nitrogens with one attached hydrogen (secondary N) is 1. The normalized spacial score (nSPS) is 20.3. The second-order valence-electron chi connectivity index (χ2n) is 10.4. The van der Waals surface area contributed by atoms with Crippen molar-refractivity contribution in [1.29, 1.82) is 0 Å². The Balaban J connectivity index is 0.000000148.